The Morgan fingerprint density at radius 2 is 2.16 bits per heavy atom. The third kappa shape index (κ3) is 4.30. The minimum Gasteiger partial charge on any atom is -0.493 e. The molecule has 0 unspecified atom stereocenters. The van der Waals surface area contributed by atoms with E-state index in [-0.39, 0.29) is 0 Å². The number of rotatable bonds is 5. The molecule has 1 aromatic rings. The van der Waals surface area contributed by atoms with E-state index in [2.05, 4.69) is 5.10 Å². The third-order valence-electron chi connectivity index (χ3n) is 2.09. The number of primary amides is 1. The van der Waals surface area contributed by atoms with Crippen LogP contribution in [-0.4, -0.2) is 31.7 Å². The van der Waals surface area contributed by atoms with Gasteiger partial charge in [-0.3, -0.25) is 9.59 Å². The fourth-order valence-corrected chi connectivity index (χ4v) is 1.26. The van der Waals surface area contributed by atoms with Crippen molar-refractivity contribution in [1.29, 1.82) is 0 Å². The molecule has 102 valence electrons. The SMILES string of the molecule is CCOc1ccc(C=NNC(=O)C(N)=O)cc1OC. The highest BCUT2D eigenvalue weighted by Gasteiger charge is 2.06. The van der Waals surface area contributed by atoms with Crippen molar-refractivity contribution in [2.24, 2.45) is 10.8 Å². The Bertz CT molecular complexity index is 500. The Morgan fingerprint density at radius 3 is 2.74 bits per heavy atom. The highest BCUT2D eigenvalue weighted by molar-refractivity contribution is 6.34. The number of ether oxygens (including phenoxy) is 2. The van der Waals surface area contributed by atoms with E-state index < -0.39 is 11.8 Å². The minimum absolute atomic E-state index is 0.526. The molecule has 0 aliphatic heterocycles. The van der Waals surface area contributed by atoms with Crippen LogP contribution in [0.25, 0.3) is 0 Å². The summed E-state index contributed by atoms with van der Waals surface area (Å²) >= 11 is 0. The average Bonchev–Trinajstić information content (AvgIpc) is 2.40. The van der Waals surface area contributed by atoms with E-state index in [4.69, 9.17) is 15.2 Å². The van der Waals surface area contributed by atoms with Crippen LogP contribution in [0.1, 0.15) is 12.5 Å². The van der Waals surface area contributed by atoms with Gasteiger partial charge in [0.25, 0.3) is 0 Å². The molecule has 0 heterocycles. The summed E-state index contributed by atoms with van der Waals surface area (Å²) in [4.78, 5) is 21.3. The minimum atomic E-state index is -1.10. The molecule has 2 amide bonds. The highest BCUT2D eigenvalue weighted by Crippen LogP contribution is 2.27. The number of hydrogen-bond acceptors (Lipinski definition) is 5. The van der Waals surface area contributed by atoms with Crippen molar-refractivity contribution >= 4 is 18.0 Å². The number of nitrogens with one attached hydrogen (secondary N) is 1. The van der Waals surface area contributed by atoms with Crippen LogP contribution in [0.4, 0.5) is 0 Å². The van der Waals surface area contributed by atoms with Gasteiger partial charge < -0.3 is 15.2 Å². The van der Waals surface area contributed by atoms with Crippen molar-refractivity contribution in [3.63, 3.8) is 0 Å². The molecule has 0 radical (unpaired) electrons. The topological polar surface area (TPSA) is 103 Å². The summed E-state index contributed by atoms with van der Waals surface area (Å²) in [6.45, 7) is 2.40. The summed E-state index contributed by atoms with van der Waals surface area (Å²) in [5, 5.41) is 3.59. The maximum absolute atomic E-state index is 10.9. The molecule has 7 heteroatoms. The van der Waals surface area contributed by atoms with Gasteiger partial charge >= 0.3 is 11.8 Å². The zero-order chi connectivity index (χ0) is 14.3. The second-order valence-corrected chi connectivity index (χ2v) is 3.41. The molecule has 3 N–H and O–H groups in total. The number of benzene rings is 1. The molecule has 0 fully saturated rings. The van der Waals surface area contributed by atoms with Crippen molar-refractivity contribution in [3.05, 3.63) is 23.8 Å². The van der Waals surface area contributed by atoms with Gasteiger partial charge in [-0.2, -0.15) is 5.10 Å². The maximum atomic E-state index is 10.9. The molecule has 1 aromatic carbocycles. The lowest BCUT2D eigenvalue weighted by Crippen LogP contribution is -2.32. The lowest BCUT2D eigenvalue weighted by atomic mass is 10.2. The Hall–Kier alpha value is -2.57. The quantitative estimate of drug-likeness (QED) is 0.445. The molecule has 19 heavy (non-hydrogen) atoms. The predicted molar refractivity (Wildman–Crippen MR) is 69.1 cm³/mol. The summed E-state index contributed by atoms with van der Waals surface area (Å²) in [5.74, 6) is -0.911. The molecule has 0 atom stereocenters. The zero-order valence-electron chi connectivity index (χ0n) is 10.7. The van der Waals surface area contributed by atoms with E-state index in [1.807, 2.05) is 12.3 Å². The van der Waals surface area contributed by atoms with Crippen molar-refractivity contribution in [1.82, 2.24) is 5.43 Å². The van der Waals surface area contributed by atoms with Gasteiger partial charge in [0, 0.05) is 0 Å². The van der Waals surface area contributed by atoms with Crippen LogP contribution in [0.2, 0.25) is 0 Å². The zero-order valence-corrected chi connectivity index (χ0v) is 10.7. The van der Waals surface area contributed by atoms with Crippen LogP contribution in [0.3, 0.4) is 0 Å². The van der Waals surface area contributed by atoms with Crippen LogP contribution in [0, 0.1) is 0 Å². The summed E-state index contributed by atoms with van der Waals surface area (Å²) in [6, 6.07) is 5.14. The lowest BCUT2D eigenvalue weighted by molar-refractivity contribution is -0.137. The molecule has 0 aromatic heterocycles. The van der Waals surface area contributed by atoms with E-state index in [1.54, 1.807) is 18.2 Å². The molecular formula is C12H15N3O4. The Morgan fingerprint density at radius 1 is 1.42 bits per heavy atom. The van der Waals surface area contributed by atoms with E-state index in [0.29, 0.717) is 23.7 Å². The van der Waals surface area contributed by atoms with Gasteiger partial charge in [-0.05, 0) is 30.7 Å². The van der Waals surface area contributed by atoms with Gasteiger partial charge in [0.2, 0.25) is 0 Å². The molecule has 0 bridgehead atoms. The molecule has 7 nitrogen and oxygen atoms in total. The number of hydrogen-bond donors (Lipinski definition) is 2. The molecular weight excluding hydrogens is 250 g/mol. The lowest BCUT2D eigenvalue weighted by Gasteiger charge is -2.09. The van der Waals surface area contributed by atoms with Gasteiger partial charge in [0.05, 0.1) is 19.9 Å². The van der Waals surface area contributed by atoms with Crippen molar-refractivity contribution in [3.8, 4) is 11.5 Å². The number of carbonyl (C=O) groups is 2. The number of nitrogens with two attached hydrogens (primary N) is 1. The van der Waals surface area contributed by atoms with Crippen LogP contribution in [0.15, 0.2) is 23.3 Å². The number of hydrazone groups is 1. The first-order valence-corrected chi connectivity index (χ1v) is 5.52. The van der Waals surface area contributed by atoms with Crippen molar-refractivity contribution in [2.45, 2.75) is 6.92 Å². The van der Waals surface area contributed by atoms with Crippen molar-refractivity contribution in [2.75, 3.05) is 13.7 Å². The molecule has 0 spiro atoms. The largest absolute Gasteiger partial charge is 0.493 e. The number of nitrogens with zero attached hydrogens (tertiary/aromatic N) is 1. The second-order valence-electron chi connectivity index (χ2n) is 3.41. The van der Waals surface area contributed by atoms with E-state index in [0.717, 1.165) is 0 Å². The summed E-state index contributed by atoms with van der Waals surface area (Å²) in [5.41, 5.74) is 7.42. The maximum Gasteiger partial charge on any atom is 0.329 e. The molecule has 0 saturated carbocycles. The van der Waals surface area contributed by atoms with Gasteiger partial charge in [0.1, 0.15) is 0 Å². The van der Waals surface area contributed by atoms with Crippen LogP contribution >= 0.6 is 0 Å². The molecule has 0 aliphatic rings. The average molecular weight is 265 g/mol. The normalized spacial score (nSPS) is 10.2. The smallest absolute Gasteiger partial charge is 0.329 e. The fourth-order valence-electron chi connectivity index (χ4n) is 1.26. The van der Waals surface area contributed by atoms with Gasteiger partial charge in [-0.25, -0.2) is 5.43 Å². The van der Waals surface area contributed by atoms with Crippen LogP contribution in [-0.2, 0) is 9.59 Å². The van der Waals surface area contributed by atoms with Crippen LogP contribution in [0.5, 0.6) is 11.5 Å². The van der Waals surface area contributed by atoms with E-state index in [9.17, 15) is 9.59 Å². The van der Waals surface area contributed by atoms with Gasteiger partial charge in [-0.1, -0.05) is 0 Å². The summed E-state index contributed by atoms with van der Waals surface area (Å²) in [6.07, 6.45) is 1.36. The standard InChI is InChI=1S/C12H15N3O4/c1-3-19-9-5-4-8(6-10(9)18-2)7-14-15-12(17)11(13)16/h4-7H,3H2,1-2H3,(H2,13,16)(H,15,17). The predicted octanol–water partition coefficient (Wildman–Crippen LogP) is 0.0293. The van der Waals surface area contributed by atoms with Gasteiger partial charge in [0.15, 0.2) is 11.5 Å². The Balaban J connectivity index is 2.77. The Labute approximate surface area is 110 Å². The summed E-state index contributed by atoms with van der Waals surface area (Å²) < 4.78 is 10.5. The first-order chi connectivity index (χ1) is 9.08. The molecule has 1 rings (SSSR count). The van der Waals surface area contributed by atoms with Crippen LogP contribution < -0.4 is 20.6 Å². The highest BCUT2D eigenvalue weighted by atomic mass is 16.5. The second kappa shape index (κ2) is 7.00. The summed E-state index contributed by atoms with van der Waals surface area (Å²) in [7, 11) is 1.52. The third-order valence-corrected chi connectivity index (χ3v) is 2.09. The number of methoxy groups -OCH3 is 1. The number of amides is 2. The van der Waals surface area contributed by atoms with E-state index >= 15 is 0 Å². The molecule has 0 saturated heterocycles. The Kier molecular flexibility index (Phi) is 5.34. The fraction of sp³-hybridized carbons (Fsp3) is 0.250. The number of carbonyl (C=O) groups excluding carboxylic acids is 2. The monoisotopic (exact) mass is 265 g/mol. The molecule has 0 aliphatic carbocycles. The van der Waals surface area contributed by atoms with E-state index in [1.165, 1.54) is 13.3 Å². The van der Waals surface area contributed by atoms with Gasteiger partial charge in [-0.15, -0.1) is 0 Å². The first-order valence-electron chi connectivity index (χ1n) is 5.52. The van der Waals surface area contributed by atoms with Crippen molar-refractivity contribution < 1.29 is 19.1 Å². The first kappa shape index (κ1) is 14.5.